The zero-order valence-electron chi connectivity index (χ0n) is 19.4. The maximum atomic E-state index is 14.0. The van der Waals surface area contributed by atoms with Gasteiger partial charge in [-0.2, -0.15) is 0 Å². The summed E-state index contributed by atoms with van der Waals surface area (Å²) in [6, 6.07) is 4.11. The number of fused-ring (bicyclic) bond motifs is 1. The number of nitrogens with one attached hydrogen (secondary N) is 4. The molecule has 180 valence electrons. The fourth-order valence-corrected chi connectivity index (χ4v) is 4.15. The van der Waals surface area contributed by atoms with Gasteiger partial charge in [0.1, 0.15) is 17.0 Å². The Morgan fingerprint density at radius 1 is 1.32 bits per heavy atom. The highest BCUT2D eigenvalue weighted by atomic mass is 19.1. The second kappa shape index (κ2) is 10.7. The van der Waals surface area contributed by atoms with Crippen LogP contribution in [0, 0.1) is 11.2 Å². The van der Waals surface area contributed by atoms with Gasteiger partial charge in [0, 0.05) is 43.7 Å². The lowest BCUT2D eigenvalue weighted by Gasteiger charge is -2.17. The van der Waals surface area contributed by atoms with Gasteiger partial charge in [-0.3, -0.25) is 10.2 Å². The number of nitrogens with zero attached hydrogens (tertiary/aromatic N) is 3. The molecule has 4 N–H and O–H groups in total. The van der Waals surface area contributed by atoms with Crippen molar-refractivity contribution in [1.29, 1.82) is 5.41 Å². The van der Waals surface area contributed by atoms with E-state index in [2.05, 4.69) is 30.5 Å². The van der Waals surface area contributed by atoms with Crippen molar-refractivity contribution < 1.29 is 13.9 Å². The quantitative estimate of drug-likeness (QED) is 0.341. The maximum Gasteiger partial charge on any atom is 0.255 e. The number of anilines is 1. The Balaban J connectivity index is 1.56. The number of ether oxygens (including phenoxy) is 1. The molecule has 0 aliphatic carbocycles. The molecule has 1 atom stereocenters. The molecule has 1 unspecified atom stereocenters. The number of carbonyl (C=O) groups excluding carboxylic acids is 1. The monoisotopic (exact) mass is 467 g/mol. The van der Waals surface area contributed by atoms with E-state index in [1.165, 1.54) is 31.2 Å². The number of benzene rings is 1. The van der Waals surface area contributed by atoms with Gasteiger partial charge in [0.25, 0.3) is 5.91 Å². The predicted molar refractivity (Wildman–Crippen MR) is 129 cm³/mol. The highest BCUT2D eigenvalue weighted by Crippen LogP contribution is 2.22. The van der Waals surface area contributed by atoms with Crippen LogP contribution in [0.1, 0.15) is 41.4 Å². The van der Waals surface area contributed by atoms with E-state index in [1.807, 2.05) is 6.92 Å². The fraction of sp³-hybridized carbons (Fsp3) is 0.417. The van der Waals surface area contributed by atoms with Crippen LogP contribution in [0.15, 0.2) is 30.6 Å². The number of halogens is 1. The number of aromatic nitrogens is 3. The van der Waals surface area contributed by atoms with Crippen molar-refractivity contribution in [3.05, 3.63) is 53.2 Å². The lowest BCUT2D eigenvalue weighted by atomic mass is 10.0. The summed E-state index contributed by atoms with van der Waals surface area (Å²) >= 11 is 0. The van der Waals surface area contributed by atoms with Gasteiger partial charge in [-0.1, -0.05) is 0 Å². The third-order valence-corrected chi connectivity index (χ3v) is 5.87. The molecule has 2 aromatic heterocycles. The number of methoxy groups -OCH3 is 1. The Hall–Kier alpha value is -3.37. The second-order valence-electron chi connectivity index (χ2n) is 8.53. The Kier molecular flexibility index (Phi) is 7.49. The average Bonchev–Trinajstić information content (AvgIpc) is 3.48. The van der Waals surface area contributed by atoms with Gasteiger partial charge in [0.05, 0.1) is 24.1 Å². The number of carbonyl (C=O) groups is 1. The molecule has 1 aliphatic rings. The molecule has 0 spiro atoms. The SMILES string of the molecule is COCC(C)NC(=O)c1c[nH]c2ncc(C(=N)c3ccc(F)cc3NCCN3CCCC3)nc12. The molecule has 0 bridgehead atoms. The molecule has 1 aromatic carbocycles. The molecule has 34 heavy (non-hydrogen) atoms. The van der Waals surface area contributed by atoms with Gasteiger partial charge >= 0.3 is 0 Å². The molecule has 1 fully saturated rings. The van der Waals surface area contributed by atoms with Crippen LogP contribution >= 0.6 is 0 Å². The molecule has 3 heterocycles. The molecule has 0 saturated carbocycles. The number of H-pyrrole nitrogens is 1. The topological polar surface area (TPSA) is 119 Å². The first-order chi connectivity index (χ1) is 16.5. The van der Waals surface area contributed by atoms with Crippen LogP contribution < -0.4 is 10.6 Å². The molecule has 10 heteroatoms. The van der Waals surface area contributed by atoms with Gasteiger partial charge in [0.15, 0.2) is 5.65 Å². The fourth-order valence-electron chi connectivity index (χ4n) is 4.15. The van der Waals surface area contributed by atoms with Crippen LogP contribution in [-0.2, 0) is 4.74 Å². The number of hydrogen-bond acceptors (Lipinski definition) is 7. The second-order valence-corrected chi connectivity index (χ2v) is 8.53. The highest BCUT2D eigenvalue weighted by Gasteiger charge is 2.19. The van der Waals surface area contributed by atoms with Crippen LogP contribution in [-0.4, -0.2) is 77.4 Å². The summed E-state index contributed by atoms with van der Waals surface area (Å²) in [6.45, 7) is 5.90. The number of likely N-dealkylation sites (tertiary alicyclic amines) is 1. The summed E-state index contributed by atoms with van der Waals surface area (Å²) in [5.74, 6) is -0.684. The van der Waals surface area contributed by atoms with E-state index >= 15 is 0 Å². The van der Waals surface area contributed by atoms with E-state index in [4.69, 9.17) is 10.1 Å². The van der Waals surface area contributed by atoms with E-state index < -0.39 is 0 Å². The molecule has 0 radical (unpaired) electrons. The molecule has 3 aromatic rings. The summed E-state index contributed by atoms with van der Waals surface area (Å²) < 4.78 is 19.1. The first kappa shape index (κ1) is 23.8. The largest absolute Gasteiger partial charge is 0.383 e. The first-order valence-electron chi connectivity index (χ1n) is 11.4. The van der Waals surface area contributed by atoms with Crippen molar-refractivity contribution in [1.82, 2.24) is 25.2 Å². The standard InChI is InChI=1S/C24H30FN7O2/c1-15(14-34-2)30-24(33)18-12-28-23-22(18)31-20(13-29-23)21(26)17-6-5-16(25)11-19(17)27-7-10-32-8-3-4-9-32/h5-6,11-13,15,26-27H,3-4,7-10,14H2,1-2H3,(H,28,29)(H,30,33). The van der Waals surface area contributed by atoms with E-state index in [0.29, 0.717) is 46.8 Å². The van der Waals surface area contributed by atoms with Crippen LogP contribution in [0.25, 0.3) is 11.2 Å². The molecule has 1 amide bonds. The summed E-state index contributed by atoms with van der Waals surface area (Å²) in [6.07, 6.45) is 5.45. The lowest BCUT2D eigenvalue weighted by molar-refractivity contribution is 0.0907. The van der Waals surface area contributed by atoms with E-state index in [9.17, 15) is 9.18 Å². The van der Waals surface area contributed by atoms with Crippen LogP contribution in [0.2, 0.25) is 0 Å². The smallest absolute Gasteiger partial charge is 0.255 e. The summed E-state index contributed by atoms with van der Waals surface area (Å²) in [7, 11) is 1.57. The van der Waals surface area contributed by atoms with Crippen molar-refractivity contribution in [2.75, 3.05) is 45.2 Å². The normalized spacial score (nSPS) is 14.9. The first-order valence-corrected chi connectivity index (χ1v) is 11.4. The summed E-state index contributed by atoms with van der Waals surface area (Å²) in [4.78, 5) is 26.9. The van der Waals surface area contributed by atoms with Gasteiger partial charge in [-0.25, -0.2) is 14.4 Å². The molecule has 9 nitrogen and oxygen atoms in total. The zero-order chi connectivity index (χ0) is 24.1. The summed E-state index contributed by atoms with van der Waals surface area (Å²) in [5.41, 5.74) is 2.60. The molecular formula is C24H30FN7O2. The van der Waals surface area contributed by atoms with Crippen molar-refractivity contribution in [3.63, 3.8) is 0 Å². The Morgan fingerprint density at radius 3 is 2.88 bits per heavy atom. The van der Waals surface area contributed by atoms with Crippen molar-refractivity contribution in [3.8, 4) is 0 Å². The molecule has 1 saturated heterocycles. The minimum Gasteiger partial charge on any atom is -0.383 e. The number of amides is 1. The number of aromatic amines is 1. The van der Waals surface area contributed by atoms with E-state index in [-0.39, 0.29) is 23.5 Å². The van der Waals surface area contributed by atoms with Crippen LogP contribution in [0.4, 0.5) is 10.1 Å². The molecule has 4 rings (SSSR count). The minimum atomic E-state index is -0.378. The van der Waals surface area contributed by atoms with Crippen LogP contribution in [0.3, 0.4) is 0 Å². The third kappa shape index (κ3) is 5.40. The maximum absolute atomic E-state index is 14.0. The Bertz CT molecular complexity index is 1170. The minimum absolute atomic E-state index is 0.0957. The third-order valence-electron chi connectivity index (χ3n) is 5.87. The Labute approximate surface area is 197 Å². The van der Waals surface area contributed by atoms with Gasteiger partial charge in [0.2, 0.25) is 0 Å². The van der Waals surface area contributed by atoms with Gasteiger partial charge < -0.3 is 25.3 Å². The average molecular weight is 468 g/mol. The lowest BCUT2D eigenvalue weighted by Crippen LogP contribution is -2.35. The number of rotatable bonds is 10. The van der Waals surface area contributed by atoms with E-state index in [0.717, 1.165) is 19.6 Å². The molecular weight excluding hydrogens is 437 g/mol. The van der Waals surface area contributed by atoms with Gasteiger partial charge in [-0.15, -0.1) is 0 Å². The summed E-state index contributed by atoms with van der Waals surface area (Å²) in [5, 5.41) is 14.9. The van der Waals surface area contributed by atoms with Crippen molar-refractivity contribution >= 4 is 28.5 Å². The van der Waals surface area contributed by atoms with Crippen LogP contribution in [0.5, 0.6) is 0 Å². The zero-order valence-corrected chi connectivity index (χ0v) is 19.4. The molecule has 1 aliphatic heterocycles. The number of hydrogen-bond donors (Lipinski definition) is 4. The van der Waals surface area contributed by atoms with Gasteiger partial charge in [-0.05, 0) is 51.1 Å². The predicted octanol–water partition coefficient (Wildman–Crippen LogP) is 2.79. The van der Waals surface area contributed by atoms with E-state index in [1.54, 1.807) is 19.4 Å². The highest BCUT2D eigenvalue weighted by molar-refractivity contribution is 6.14. The van der Waals surface area contributed by atoms with Crippen molar-refractivity contribution in [2.24, 2.45) is 0 Å². The van der Waals surface area contributed by atoms with Crippen molar-refractivity contribution in [2.45, 2.75) is 25.8 Å². The Morgan fingerprint density at radius 2 is 2.12 bits per heavy atom.